The van der Waals surface area contributed by atoms with E-state index in [0.29, 0.717) is 0 Å². The van der Waals surface area contributed by atoms with Gasteiger partial charge in [-0.05, 0) is 17.0 Å². The highest BCUT2D eigenvalue weighted by Crippen LogP contribution is 2.30. The van der Waals surface area contributed by atoms with Gasteiger partial charge in [-0.2, -0.15) is 5.10 Å². The maximum Gasteiger partial charge on any atom is 0.140 e. The van der Waals surface area contributed by atoms with Gasteiger partial charge in [-0.1, -0.05) is 28.1 Å². The summed E-state index contributed by atoms with van der Waals surface area (Å²) in [4.78, 5) is 0. The number of hydrogen-bond acceptors (Lipinski definition) is 3. The van der Waals surface area contributed by atoms with Gasteiger partial charge in [0.15, 0.2) is 0 Å². The summed E-state index contributed by atoms with van der Waals surface area (Å²) >= 11 is 3.45. The zero-order chi connectivity index (χ0) is 9.42. The maximum absolute atomic E-state index is 9.43. The van der Waals surface area contributed by atoms with Crippen molar-refractivity contribution in [3.63, 3.8) is 0 Å². The monoisotopic (exact) mass is 242 g/mol. The Morgan fingerprint density at radius 1 is 1.69 bits per heavy atom. The first-order valence-electron chi connectivity index (χ1n) is 4.25. The van der Waals surface area contributed by atoms with E-state index in [2.05, 4.69) is 21.0 Å². The van der Waals surface area contributed by atoms with Crippen molar-refractivity contribution in [3.05, 3.63) is 22.2 Å². The number of hydrogen-bond donors (Lipinski definition) is 1. The molecule has 1 N–H and O–H groups in total. The number of fused-ring (bicyclic) bond motifs is 1. The van der Waals surface area contributed by atoms with Crippen molar-refractivity contribution in [1.82, 2.24) is 5.01 Å². The van der Waals surface area contributed by atoms with Gasteiger partial charge in [0.25, 0.3) is 0 Å². The Morgan fingerprint density at radius 3 is 3.15 bits per heavy atom. The average molecular weight is 243 g/mol. The lowest BCUT2D eigenvalue weighted by atomic mass is 10.0. The van der Waals surface area contributed by atoms with Crippen LogP contribution in [0, 0.1) is 0 Å². The lowest BCUT2D eigenvalue weighted by molar-refractivity contribution is 0.00693. The summed E-state index contributed by atoms with van der Waals surface area (Å²) in [6.07, 6.45) is 6.24. The van der Waals surface area contributed by atoms with Gasteiger partial charge in [0.05, 0.1) is 12.3 Å². The molecule has 2 unspecified atom stereocenters. The average Bonchev–Trinajstić information content (AvgIpc) is 2.46. The molecule has 1 aliphatic heterocycles. The van der Waals surface area contributed by atoms with Crippen molar-refractivity contribution in [2.75, 3.05) is 0 Å². The first-order valence-corrected chi connectivity index (χ1v) is 5.04. The van der Waals surface area contributed by atoms with E-state index in [1.807, 2.05) is 18.4 Å². The molecule has 1 heterocycles. The Kier molecular flexibility index (Phi) is 2.26. The second kappa shape index (κ2) is 3.27. The number of allylic oxidation sites excluding steroid dienone is 2. The minimum atomic E-state index is -0.523. The van der Waals surface area contributed by atoms with Gasteiger partial charge in [-0.3, -0.25) is 5.01 Å². The first kappa shape index (κ1) is 8.97. The summed E-state index contributed by atoms with van der Waals surface area (Å²) in [5, 5.41) is 15.3. The third-order valence-corrected chi connectivity index (χ3v) is 2.86. The Morgan fingerprint density at radius 2 is 2.46 bits per heavy atom. The van der Waals surface area contributed by atoms with Crippen LogP contribution in [0.25, 0.3) is 0 Å². The highest BCUT2D eigenvalue weighted by Gasteiger charge is 2.30. The fraction of sp³-hybridized carbons (Fsp3) is 0.444. The molecule has 0 aromatic heterocycles. The molecule has 0 aromatic carbocycles. The van der Waals surface area contributed by atoms with E-state index in [-0.39, 0.29) is 6.04 Å². The first-order chi connectivity index (χ1) is 6.18. The lowest BCUT2D eigenvalue weighted by Crippen LogP contribution is -2.35. The molecule has 70 valence electrons. The van der Waals surface area contributed by atoms with Crippen LogP contribution in [0.2, 0.25) is 0 Å². The number of rotatable bonds is 1. The molecule has 0 saturated heterocycles. The van der Waals surface area contributed by atoms with Crippen LogP contribution in [-0.2, 0) is 0 Å². The molecule has 0 bridgehead atoms. The quantitative estimate of drug-likeness (QED) is 0.759. The van der Waals surface area contributed by atoms with Gasteiger partial charge < -0.3 is 5.11 Å². The summed E-state index contributed by atoms with van der Waals surface area (Å²) in [6.45, 7) is 1.73. The number of hydrazone groups is 1. The Balaban J connectivity index is 2.23. The Labute approximate surface area is 85.6 Å². The van der Waals surface area contributed by atoms with Crippen molar-refractivity contribution < 1.29 is 5.11 Å². The third-order valence-electron chi connectivity index (χ3n) is 2.27. The highest BCUT2D eigenvalue weighted by molar-refractivity contribution is 9.11. The van der Waals surface area contributed by atoms with E-state index in [0.717, 1.165) is 10.9 Å². The lowest BCUT2D eigenvalue weighted by Gasteiger charge is -2.28. The number of nitrogens with zero attached hydrogens (tertiary/aromatic N) is 2. The number of aliphatic hydroxyl groups excluding tert-OH is 1. The van der Waals surface area contributed by atoms with E-state index in [4.69, 9.17) is 0 Å². The summed E-state index contributed by atoms with van der Waals surface area (Å²) < 4.78 is 1.15. The largest absolute Gasteiger partial charge is 0.372 e. The van der Waals surface area contributed by atoms with Gasteiger partial charge in [0, 0.05) is 6.42 Å². The van der Waals surface area contributed by atoms with E-state index in [9.17, 15) is 5.11 Å². The topological polar surface area (TPSA) is 35.8 Å². The minimum absolute atomic E-state index is 0.208. The predicted octanol–water partition coefficient (Wildman–Crippen LogP) is 1.60. The zero-order valence-corrected chi connectivity index (χ0v) is 8.90. The number of aliphatic hydroxyl groups is 1. The van der Waals surface area contributed by atoms with Crippen LogP contribution in [0.5, 0.6) is 0 Å². The molecule has 0 spiro atoms. The summed E-state index contributed by atoms with van der Waals surface area (Å²) in [7, 11) is 0. The molecular formula is C9H11BrN2O. The predicted molar refractivity (Wildman–Crippen MR) is 55.5 cm³/mol. The van der Waals surface area contributed by atoms with Crippen LogP contribution >= 0.6 is 15.9 Å². The van der Waals surface area contributed by atoms with Crippen molar-refractivity contribution in [1.29, 1.82) is 0 Å². The van der Waals surface area contributed by atoms with E-state index >= 15 is 0 Å². The second-order valence-corrected chi connectivity index (χ2v) is 4.28. The van der Waals surface area contributed by atoms with E-state index in [1.54, 1.807) is 11.9 Å². The number of halogens is 1. The van der Waals surface area contributed by atoms with Gasteiger partial charge in [-0.25, -0.2) is 0 Å². The molecule has 0 saturated carbocycles. The maximum atomic E-state index is 9.43. The second-order valence-electron chi connectivity index (χ2n) is 3.26. The van der Waals surface area contributed by atoms with E-state index < -0.39 is 6.23 Å². The van der Waals surface area contributed by atoms with Gasteiger partial charge >= 0.3 is 0 Å². The molecule has 0 amide bonds. The van der Waals surface area contributed by atoms with Gasteiger partial charge in [0.2, 0.25) is 0 Å². The molecule has 4 heteroatoms. The fourth-order valence-corrected chi connectivity index (χ4v) is 2.05. The summed E-state index contributed by atoms with van der Waals surface area (Å²) in [6, 6.07) is 0.208. The molecule has 0 aromatic rings. The van der Waals surface area contributed by atoms with E-state index in [1.165, 1.54) is 5.57 Å². The van der Waals surface area contributed by atoms with Crippen LogP contribution in [-0.4, -0.2) is 28.6 Å². The van der Waals surface area contributed by atoms with Crippen LogP contribution in [0.3, 0.4) is 0 Å². The molecule has 0 radical (unpaired) electrons. The SMILES string of the molecule is CC(O)N1N=CC2=CC=C(Br)CC21. The molecule has 2 aliphatic rings. The van der Waals surface area contributed by atoms with Crippen molar-refractivity contribution in [3.8, 4) is 0 Å². The summed E-state index contributed by atoms with van der Waals surface area (Å²) in [5.74, 6) is 0. The smallest absolute Gasteiger partial charge is 0.140 e. The molecule has 2 atom stereocenters. The molecule has 2 rings (SSSR count). The Hall–Kier alpha value is -0.610. The normalized spacial score (nSPS) is 28.2. The summed E-state index contributed by atoms with van der Waals surface area (Å²) in [5.41, 5.74) is 1.17. The van der Waals surface area contributed by atoms with Crippen LogP contribution in [0.15, 0.2) is 27.3 Å². The third kappa shape index (κ3) is 1.56. The van der Waals surface area contributed by atoms with Crippen molar-refractivity contribution in [2.24, 2.45) is 5.10 Å². The van der Waals surface area contributed by atoms with Crippen LogP contribution in [0.1, 0.15) is 13.3 Å². The van der Waals surface area contributed by atoms with Gasteiger partial charge in [0.1, 0.15) is 6.23 Å². The molecular weight excluding hydrogens is 232 g/mol. The van der Waals surface area contributed by atoms with Crippen molar-refractivity contribution in [2.45, 2.75) is 25.6 Å². The molecule has 3 nitrogen and oxygen atoms in total. The molecule has 1 aliphatic carbocycles. The minimum Gasteiger partial charge on any atom is -0.372 e. The fourth-order valence-electron chi connectivity index (χ4n) is 1.61. The van der Waals surface area contributed by atoms with Crippen molar-refractivity contribution >= 4 is 22.1 Å². The molecule has 13 heavy (non-hydrogen) atoms. The standard InChI is InChI=1S/C9H11BrN2O/c1-6(13)12-9-4-8(10)3-2-7(9)5-11-12/h2-3,5-6,9,13H,4H2,1H3. The van der Waals surface area contributed by atoms with Crippen LogP contribution < -0.4 is 0 Å². The highest BCUT2D eigenvalue weighted by atomic mass is 79.9. The molecule has 0 fully saturated rings. The zero-order valence-electron chi connectivity index (χ0n) is 7.31. The Bertz CT molecular complexity index is 307. The van der Waals surface area contributed by atoms with Gasteiger partial charge in [-0.15, -0.1) is 0 Å². The van der Waals surface area contributed by atoms with Crippen LogP contribution in [0.4, 0.5) is 0 Å².